The topological polar surface area (TPSA) is 62.9 Å². The molecule has 1 N–H and O–H groups in total. The monoisotopic (exact) mass is 322 g/mol. The van der Waals surface area contributed by atoms with E-state index in [1.165, 1.54) is 7.11 Å². The Balaban J connectivity index is 2.00. The lowest BCUT2D eigenvalue weighted by Crippen LogP contribution is -2.35. The van der Waals surface area contributed by atoms with Crippen LogP contribution in [0.25, 0.3) is 0 Å². The first-order valence-electron chi connectivity index (χ1n) is 6.89. The average molecular weight is 322 g/mol. The Kier molecular flexibility index (Phi) is 3.64. The van der Waals surface area contributed by atoms with Gasteiger partial charge in [0.1, 0.15) is 23.2 Å². The first-order valence-corrected chi connectivity index (χ1v) is 6.89. The van der Waals surface area contributed by atoms with Crippen molar-refractivity contribution in [1.29, 1.82) is 5.26 Å². The number of benzene rings is 1. The zero-order chi connectivity index (χ0) is 16.6. The van der Waals surface area contributed by atoms with Crippen LogP contribution in [-0.4, -0.2) is 23.1 Å². The minimum absolute atomic E-state index is 0.0949. The van der Waals surface area contributed by atoms with E-state index in [1.54, 1.807) is 24.3 Å². The highest BCUT2D eigenvalue weighted by atomic mass is 19.4. The van der Waals surface area contributed by atoms with Gasteiger partial charge in [0.05, 0.1) is 19.3 Å². The van der Waals surface area contributed by atoms with E-state index in [4.69, 9.17) is 10.00 Å². The molecule has 0 amide bonds. The van der Waals surface area contributed by atoms with E-state index in [0.717, 1.165) is 10.9 Å². The van der Waals surface area contributed by atoms with Crippen LogP contribution in [0.3, 0.4) is 0 Å². The summed E-state index contributed by atoms with van der Waals surface area (Å²) in [6.45, 7) is 0. The third-order valence-electron chi connectivity index (χ3n) is 3.88. The van der Waals surface area contributed by atoms with Gasteiger partial charge in [-0.15, -0.1) is 0 Å². The summed E-state index contributed by atoms with van der Waals surface area (Å²) in [4.78, 5) is 0. The molecule has 0 bridgehead atoms. The molecule has 1 aromatic heterocycles. The van der Waals surface area contributed by atoms with Gasteiger partial charge in [-0.25, -0.2) is 4.68 Å². The lowest BCUT2D eigenvalue weighted by atomic mass is 9.96. The molecule has 2 atom stereocenters. The summed E-state index contributed by atoms with van der Waals surface area (Å²) in [6, 6.07) is 6.33. The number of nitrogens with one attached hydrogen (secondary N) is 1. The smallest absolute Gasteiger partial charge is 0.410 e. The van der Waals surface area contributed by atoms with Gasteiger partial charge in [0, 0.05) is 6.42 Å². The van der Waals surface area contributed by atoms with Crippen molar-refractivity contribution in [3.63, 3.8) is 0 Å². The van der Waals surface area contributed by atoms with Crippen LogP contribution in [0.2, 0.25) is 0 Å². The Hall–Kier alpha value is -2.69. The minimum atomic E-state index is -4.44. The van der Waals surface area contributed by atoms with Gasteiger partial charge in [-0.3, -0.25) is 0 Å². The van der Waals surface area contributed by atoms with Gasteiger partial charge in [0.15, 0.2) is 6.04 Å². The molecule has 0 radical (unpaired) electrons. The maximum Gasteiger partial charge on any atom is 0.410 e. The van der Waals surface area contributed by atoms with Crippen molar-refractivity contribution in [2.45, 2.75) is 24.7 Å². The van der Waals surface area contributed by atoms with E-state index in [1.807, 2.05) is 6.07 Å². The Morgan fingerprint density at radius 2 is 2.04 bits per heavy atom. The van der Waals surface area contributed by atoms with E-state index in [2.05, 4.69) is 10.4 Å². The predicted octanol–water partition coefficient (Wildman–Crippen LogP) is 3.42. The first kappa shape index (κ1) is 15.2. The highest BCUT2D eigenvalue weighted by Gasteiger charge is 2.46. The third kappa shape index (κ3) is 2.70. The van der Waals surface area contributed by atoms with Crippen LogP contribution in [0.15, 0.2) is 30.5 Å². The van der Waals surface area contributed by atoms with Crippen molar-refractivity contribution >= 4 is 5.82 Å². The summed E-state index contributed by atoms with van der Waals surface area (Å²) >= 11 is 0. The Labute approximate surface area is 130 Å². The van der Waals surface area contributed by atoms with Gasteiger partial charge in [0.25, 0.3) is 0 Å². The van der Waals surface area contributed by atoms with Crippen molar-refractivity contribution in [2.75, 3.05) is 12.4 Å². The number of hydrogen-bond donors (Lipinski definition) is 1. The zero-order valence-electron chi connectivity index (χ0n) is 12.1. The van der Waals surface area contributed by atoms with Gasteiger partial charge < -0.3 is 10.1 Å². The number of methoxy groups -OCH3 is 1. The summed E-state index contributed by atoms with van der Waals surface area (Å²) in [7, 11) is 1.52. The number of aromatic nitrogens is 2. The van der Waals surface area contributed by atoms with E-state index in [-0.39, 0.29) is 17.8 Å². The van der Waals surface area contributed by atoms with E-state index in [0.29, 0.717) is 11.3 Å². The van der Waals surface area contributed by atoms with Crippen molar-refractivity contribution < 1.29 is 17.9 Å². The average Bonchev–Trinajstić information content (AvgIpc) is 2.96. The molecule has 1 aromatic carbocycles. The summed E-state index contributed by atoms with van der Waals surface area (Å²) in [6.07, 6.45) is -3.49. The molecule has 2 aromatic rings. The van der Waals surface area contributed by atoms with E-state index >= 15 is 0 Å². The number of rotatable bonds is 2. The van der Waals surface area contributed by atoms with E-state index in [9.17, 15) is 13.2 Å². The Morgan fingerprint density at radius 1 is 1.35 bits per heavy atom. The molecule has 8 heteroatoms. The number of hydrogen-bond acceptors (Lipinski definition) is 4. The lowest BCUT2D eigenvalue weighted by molar-refractivity contribution is -0.173. The molecule has 1 aliphatic rings. The highest BCUT2D eigenvalue weighted by Crippen LogP contribution is 2.44. The normalized spacial score (nSPS) is 20.3. The second kappa shape index (κ2) is 5.50. The third-order valence-corrected chi connectivity index (χ3v) is 3.88. The number of nitrogens with zero attached hydrogens (tertiary/aromatic N) is 3. The number of halogens is 3. The van der Waals surface area contributed by atoms with E-state index < -0.39 is 18.3 Å². The molecular formula is C15H13F3N4O. The molecular weight excluding hydrogens is 309 g/mol. The predicted molar refractivity (Wildman–Crippen MR) is 76.0 cm³/mol. The fourth-order valence-electron chi connectivity index (χ4n) is 2.70. The molecule has 0 spiro atoms. The number of anilines is 1. The van der Waals surface area contributed by atoms with Crippen LogP contribution in [0, 0.1) is 11.3 Å². The number of ether oxygens (including phenoxy) is 1. The van der Waals surface area contributed by atoms with Crippen molar-refractivity contribution in [2.24, 2.45) is 0 Å². The molecule has 0 aliphatic carbocycles. The molecule has 0 saturated carbocycles. The second-order valence-electron chi connectivity index (χ2n) is 5.23. The van der Waals surface area contributed by atoms with Gasteiger partial charge in [-0.2, -0.15) is 23.5 Å². The second-order valence-corrected chi connectivity index (χ2v) is 5.23. The number of alkyl halides is 3. The molecule has 2 heterocycles. The number of fused-ring (bicyclic) bond motifs is 1. The molecule has 1 aliphatic heterocycles. The molecule has 23 heavy (non-hydrogen) atoms. The SMILES string of the molecule is COc1ccc([C@H]2C[C@@H](C(F)(F)F)n3ncc(C#N)c3N2)cc1. The number of nitriles is 1. The van der Waals surface area contributed by atoms with Crippen molar-refractivity contribution in [3.8, 4) is 11.8 Å². The molecule has 0 fully saturated rings. The van der Waals surface area contributed by atoms with Gasteiger partial charge in [0.2, 0.25) is 0 Å². The quantitative estimate of drug-likeness (QED) is 0.920. The van der Waals surface area contributed by atoms with Crippen LogP contribution < -0.4 is 10.1 Å². The lowest BCUT2D eigenvalue weighted by Gasteiger charge is -2.33. The summed E-state index contributed by atoms with van der Waals surface area (Å²) < 4.78 is 45.9. The van der Waals surface area contributed by atoms with Crippen LogP contribution in [0.4, 0.5) is 19.0 Å². The van der Waals surface area contributed by atoms with Gasteiger partial charge >= 0.3 is 6.18 Å². The fraction of sp³-hybridized carbons (Fsp3) is 0.333. The largest absolute Gasteiger partial charge is 0.497 e. The van der Waals surface area contributed by atoms with Crippen LogP contribution in [0.5, 0.6) is 5.75 Å². The van der Waals surface area contributed by atoms with Gasteiger partial charge in [-0.05, 0) is 17.7 Å². The Morgan fingerprint density at radius 3 is 2.61 bits per heavy atom. The Bertz CT molecular complexity index is 746. The van der Waals surface area contributed by atoms with Crippen molar-refractivity contribution in [3.05, 3.63) is 41.6 Å². The summed E-state index contributed by atoms with van der Waals surface area (Å²) in [5.41, 5.74) is 0.786. The molecule has 3 rings (SSSR count). The standard InChI is InChI=1S/C15H13F3N4O/c1-23-11-4-2-9(3-5-11)12-6-13(15(16,17)18)22-14(21-12)10(7-19)8-20-22/h2-5,8,12-13,21H,6H2,1H3/t12-,13+/m1/s1. The van der Waals surface area contributed by atoms with Crippen LogP contribution in [-0.2, 0) is 0 Å². The maximum absolute atomic E-state index is 13.3. The summed E-state index contributed by atoms with van der Waals surface area (Å²) in [5, 5.41) is 15.8. The molecule has 5 nitrogen and oxygen atoms in total. The van der Waals surface area contributed by atoms with Crippen LogP contribution >= 0.6 is 0 Å². The minimum Gasteiger partial charge on any atom is -0.497 e. The molecule has 0 saturated heterocycles. The fourth-order valence-corrected chi connectivity index (χ4v) is 2.70. The summed E-state index contributed by atoms with van der Waals surface area (Å²) in [5.74, 6) is 0.724. The van der Waals surface area contributed by atoms with Gasteiger partial charge in [-0.1, -0.05) is 12.1 Å². The maximum atomic E-state index is 13.3. The highest BCUT2D eigenvalue weighted by molar-refractivity contribution is 5.54. The molecule has 120 valence electrons. The van der Waals surface area contributed by atoms with Crippen molar-refractivity contribution in [1.82, 2.24) is 9.78 Å². The van der Waals surface area contributed by atoms with Crippen LogP contribution in [0.1, 0.15) is 29.6 Å². The first-order chi connectivity index (χ1) is 10.9. The zero-order valence-corrected chi connectivity index (χ0v) is 12.1. The molecule has 0 unspecified atom stereocenters.